The van der Waals surface area contributed by atoms with Crippen LogP contribution >= 0.6 is 0 Å². The number of nitrogens with zero attached hydrogens (tertiary/aromatic N) is 1. The van der Waals surface area contributed by atoms with Crippen molar-refractivity contribution in [2.75, 3.05) is 27.3 Å². The number of hydrogen-bond donors (Lipinski definition) is 1. The van der Waals surface area contributed by atoms with Crippen molar-refractivity contribution in [2.24, 2.45) is 5.73 Å². The first-order valence-corrected chi connectivity index (χ1v) is 10.4. The maximum Gasteiger partial charge on any atom is 0.416 e. The average molecular weight is 490 g/mol. The molecule has 1 amide bonds. The number of primary amides is 1. The second kappa shape index (κ2) is 9.73. The molecule has 0 aromatic heterocycles. The third kappa shape index (κ3) is 5.57. The summed E-state index contributed by atoms with van der Waals surface area (Å²) in [6, 6.07) is 4.31. The molecule has 2 aromatic carbocycles. The van der Waals surface area contributed by atoms with Crippen molar-refractivity contribution in [3.05, 3.63) is 58.1 Å². The van der Waals surface area contributed by atoms with Crippen molar-refractivity contribution in [3.8, 4) is 11.5 Å². The summed E-state index contributed by atoms with van der Waals surface area (Å²) in [5.74, 6) is 0.242. The van der Waals surface area contributed by atoms with Gasteiger partial charge in [0.05, 0.1) is 31.9 Å². The fourth-order valence-corrected chi connectivity index (χ4v) is 4.35. The minimum atomic E-state index is -4.81. The van der Waals surface area contributed by atoms with Gasteiger partial charge in [-0.25, -0.2) is 0 Å². The largest absolute Gasteiger partial charge is 0.493 e. The van der Waals surface area contributed by atoms with E-state index in [1.165, 1.54) is 14.2 Å². The highest BCUT2D eigenvalue weighted by molar-refractivity contribution is 5.76. The Balaban J connectivity index is 2.02. The Hall–Kier alpha value is -2.95. The fourth-order valence-electron chi connectivity index (χ4n) is 4.35. The van der Waals surface area contributed by atoms with E-state index in [0.29, 0.717) is 48.2 Å². The Kier molecular flexibility index (Phi) is 7.35. The number of carbonyl (C=O) groups excluding carboxylic acids is 1. The number of benzene rings is 2. The molecule has 0 aliphatic carbocycles. The van der Waals surface area contributed by atoms with Crippen LogP contribution < -0.4 is 15.2 Å². The molecule has 2 N–H and O–H groups in total. The molecule has 0 saturated carbocycles. The summed E-state index contributed by atoms with van der Waals surface area (Å²) in [5, 5.41) is 0. The molecule has 0 bridgehead atoms. The zero-order valence-electron chi connectivity index (χ0n) is 18.5. The third-order valence-corrected chi connectivity index (χ3v) is 5.90. The van der Waals surface area contributed by atoms with E-state index >= 15 is 0 Å². The number of amides is 1. The molecule has 1 heterocycles. The van der Waals surface area contributed by atoms with Gasteiger partial charge in [-0.2, -0.15) is 26.3 Å². The van der Waals surface area contributed by atoms with Crippen LogP contribution in [-0.4, -0.2) is 38.1 Å². The molecule has 0 spiro atoms. The molecule has 1 aliphatic rings. The Morgan fingerprint density at radius 2 is 1.68 bits per heavy atom. The molecule has 0 fully saturated rings. The number of fused-ring (bicyclic) bond motifs is 1. The first kappa shape index (κ1) is 25.7. The fraction of sp³-hybridized carbons (Fsp3) is 0.435. The molecule has 34 heavy (non-hydrogen) atoms. The van der Waals surface area contributed by atoms with Crippen molar-refractivity contribution < 1.29 is 40.6 Å². The van der Waals surface area contributed by atoms with Crippen LogP contribution in [0.3, 0.4) is 0 Å². The van der Waals surface area contributed by atoms with E-state index in [4.69, 9.17) is 15.2 Å². The number of alkyl halides is 6. The number of rotatable bonds is 7. The molecule has 1 aliphatic heterocycles. The predicted molar refractivity (Wildman–Crippen MR) is 112 cm³/mol. The highest BCUT2D eigenvalue weighted by Gasteiger charge is 2.37. The van der Waals surface area contributed by atoms with Gasteiger partial charge in [0.25, 0.3) is 0 Å². The number of methoxy groups -OCH3 is 2. The van der Waals surface area contributed by atoms with E-state index < -0.39 is 41.0 Å². The first-order valence-electron chi connectivity index (χ1n) is 10.4. The number of halogens is 6. The monoisotopic (exact) mass is 490 g/mol. The van der Waals surface area contributed by atoms with Gasteiger partial charge in [-0.1, -0.05) is 0 Å². The van der Waals surface area contributed by atoms with Gasteiger partial charge in [0.2, 0.25) is 5.91 Å². The van der Waals surface area contributed by atoms with E-state index in [1.807, 2.05) is 0 Å². The van der Waals surface area contributed by atoms with Crippen LogP contribution in [0.2, 0.25) is 0 Å². The molecular weight excluding hydrogens is 466 g/mol. The zero-order chi connectivity index (χ0) is 25.3. The van der Waals surface area contributed by atoms with Crippen molar-refractivity contribution >= 4 is 5.91 Å². The molecule has 186 valence electrons. The van der Waals surface area contributed by atoms with Crippen molar-refractivity contribution in [1.82, 2.24) is 4.90 Å². The van der Waals surface area contributed by atoms with Crippen molar-refractivity contribution in [3.63, 3.8) is 0 Å². The van der Waals surface area contributed by atoms with Crippen LogP contribution in [0.4, 0.5) is 26.3 Å². The lowest BCUT2D eigenvalue weighted by Gasteiger charge is -2.37. The SMILES string of the molecule is COc1cc2c(cc1OC)C(CCc1cc(C(F)(F)F)ccc1C(F)(F)F)N(CC(N)=O)CC2. The summed E-state index contributed by atoms with van der Waals surface area (Å²) in [6.45, 7) is 0.248. The maximum atomic E-state index is 13.5. The molecule has 11 heteroatoms. The first-order chi connectivity index (χ1) is 15.8. The second-order valence-corrected chi connectivity index (χ2v) is 8.01. The minimum absolute atomic E-state index is 0.0279. The molecule has 3 rings (SSSR count). The van der Waals surface area contributed by atoms with Gasteiger partial charge in [-0.05, 0) is 66.3 Å². The maximum absolute atomic E-state index is 13.5. The highest BCUT2D eigenvalue weighted by Crippen LogP contribution is 2.41. The number of carbonyl (C=O) groups is 1. The highest BCUT2D eigenvalue weighted by atomic mass is 19.4. The Bertz CT molecular complexity index is 1050. The van der Waals surface area contributed by atoms with Crippen LogP contribution in [0.1, 0.15) is 40.3 Å². The quantitative estimate of drug-likeness (QED) is 0.569. The third-order valence-electron chi connectivity index (χ3n) is 5.90. The van der Waals surface area contributed by atoms with Crippen molar-refractivity contribution in [1.29, 1.82) is 0 Å². The molecule has 1 unspecified atom stereocenters. The summed E-state index contributed by atoms with van der Waals surface area (Å²) in [4.78, 5) is 13.3. The topological polar surface area (TPSA) is 64.8 Å². The number of nitrogens with two attached hydrogens (primary N) is 1. The number of hydrogen-bond acceptors (Lipinski definition) is 4. The normalized spacial score (nSPS) is 16.8. The van der Waals surface area contributed by atoms with Crippen molar-refractivity contribution in [2.45, 2.75) is 37.7 Å². The molecule has 0 saturated heterocycles. The number of aryl methyl sites for hydroxylation is 1. The summed E-state index contributed by atoms with van der Waals surface area (Å²) < 4.78 is 90.8. The van der Waals surface area contributed by atoms with Gasteiger partial charge in [-0.3, -0.25) is 9.69 Å². The smallest absolute Gasteiger partial charge is 0.416 e. The molecule has 5 nitrogen and oxygen atoms in total. The van der Waals surface area contributed by atoms with E-state index in [2.05, 4.69) is 0 Å². The van der Waals surface area contributed by atoms with E-state index in [1.54, 1.807) is 17.0 Å². The minimum Gasteiger partial charge on any atom is -0.493 e. The van der Waals surface area contributed by atoms with E-state index in [0.717, 1.165) is 5.56 Å². The lowest BCUT2D eigenvalue weighted by Crippen LogP contribution is -2.41. The summed E-state index contributed by atoms with van der Waals surface area (Å²) in [7, 11) is 2.90. The molecule has 1 atom stereocenters. The standard InChI is InChI=1S/C23H24F6N2O3/c1-33-19-10-13-7-8-31(12-21(30)32)18(16(13)11-20(19)34-2)6-3-14-9-15(22(24,25)26)4-5-17(14)23(27,28)29/h4-5,9-11,18H,3,6-8,12H2,1-2H3,(H2,30,32). The van der Waals surface area contributed by atoms with Gasteiger partial charge in [0, 0.05) is 12.6 Å². The van der Waals surface area contributed by atoms with Gasteiger partial charge in [0.15, 0.2) is 11.5 Å². The average Bonchev–Trinajstić information content (AvgIpc) is 2.75. The van der Waals surface area contributed by atoms with E-state index in [9.17, 15) is 31.1 Å². The Morgan fingerprint density at radius 3 is 2.24 bits per heavy atom. The zero-order valence-corrected chi connectivity index (χ0v) is 18.5. The molecule has 2 aromatic rings. The lowest BCUT2D eigenvalue weighted by molar-refractivity contribution is -0.141. The van der Waals surface area contributed by atoms with Gasteiger partial charge in [-0.15, -0.1) is 0 Å². The summed E-state index contributed by atoms with van der Waals surface area (Å²) in [5.41, 5.74) is 4.18. The van der Waals surface area contributed by atoms with Crippen LogP contribution in [0, 0.1) is 0 Å². The van der Waals surface area contributed by atoms with Crippen LogP contribution in [0.15, 0.2) is 30.3 Å². The number of ether oxygens (including phenoxy) is 2. The van der Waals surface area contributed by atoms with Crippen LogP contribution in [-0.2, 0) is 30.0 Å². The van der Waals surface area contributed by atoms with E-state index in [-0.39, 0.29) is 19.4 Å². The molecule has 0 radical (unpaired) electrons. The molecular formula is C23H24F6N2O3. The summed E-state index contributed by atoms with van der Waals surface area (Å²) in [6.07, 6.45) is -9.34. The van der Waals surface area contributed by atoms with Gasteiger partial charge < -0.3 is 15.2 Å². The summed E-state index contributed by atoms with van der Waals surface area (Å²) >= 11 is 0. The Labute approximate surface area is 192 Å². The Morgan fingerprint density at radius 1 is 1.03 bits per heavy atom. The lowest BCUT2D eigenvalue weighted by atomic mass is 9.87. The second-order valence-electron chi connectivity index (χ2n) is 8.01. The predicted octanol–water partition coefficient (Wildman–Crippen LogP) is 4.76. The van der Waals surface area contributed by atoms with Gasteiger partial charge in [0.1, 0.15) is 0 Å². The van der Waals surface area contributed by atoms with Gasteiger partial charge >= 0.3 is 12.4 Å². The van der Waals surface area contributed by atoms with Crippen LogP contribution in [0.5, 0.6) is 11.5 Å². The van der Waals surface area contributed by atoms with Crippen LogP contribution in [0.25, 0.3) is 0 Å².